The van der Waals surface area contributed by atoms with Gasteiger partial charge in [-0.3, -0.25) is 4.98 Å². The summed E-state index contributed by atoms with van der Waals surface area (Å²) in [6, 6.07) is 14.7. The molecular weight excluding hydrogens is 272 g/mol. The Morgan fingerprint density at radius 1 is 1.00 bits per heavy atom. The average Bonchev–Trinajstić information content (AvgIpc) is 2.49. The molecule has 0 aliphatic carbocycles. The van der Waals surface area contributed by atoms with Gasteiger partial charge in [-0.25, -0.2) is 0 Å². The molecule has 0 bridgehead atoms. The van der Waals surface area contributed by atoms with Gasteiger partial charge in [0.05, 0.1) is 11.8 Å². The largest absolute Gasteiger partial charge is 0.491 e. The second-order valence-corrected chi connectivity index (χ2v) is 6.16. The van der Waals surface area contributed by atoms with Gasteiger partial charge in [0, 0.05) is 18.8 Å². The number of nitrogens with zero attached hydrogens (tertiary/aromatic N) is 1. The minimum atomic E-state index is 0.203. The third kappa shape index (κ3) is 4.85. The van der Waals surface area contributed by atoms with Crippen LogP contribution < -0.4 is 10.1 Å². The Kier molecular flexibility index (Phi) is 5.96. The van der Waals surface area contributed by atoms with Crippen LogP contribution in [0, 0.1) is 5.92 Å². The summed E-state index contributed by atoms with van der Waals surface area (Å²) < 4.78 is 5.71. The third-order valence-electron chi connectivity index (χ3n) is 3.51. The molecule has 1 aromatic carbocycles. The van der Waals surface area contributed by atoms with E-state index in [0.29, 0.717) is 12.0 Å². The molecule has 2 rings (SSSR count). The average molecular weight is 298 g/mol. The second-order valence-electron chi connectivity index (χ2n) is 6.16. The van der Waals surface area contributed by atoms with Crippen LogP contribution in [0.1, 0.15) is 45.0 Å². The fraction of sp³-hybridized carbons (Fsp3) is 0.421. The van der Waals surface area contributed by atoms with Crippen LogP contribution in [0.5, 0.6) is 5.75 Å². The first kappa shape index (κ1) is 16.5. The van der Waals surface area contributed by atoms with Crippen molar-refractivity contribution in [2.24, 2.45) is 5.92 Å². The van der Waals surface area contributed by atoms with Crippen molar-refractivity contribution in [3.63, 3.8) is 0 Å². The maximum Gasteiger partial charge on any atom is 0.119 e. The molecule has 0 saturated heterocycles. The Hall–Kier alpha value is -1.87. The van der Waals surface area contributed by atoms with E-state index in [4.69, 9.17) is 4.74 Å². The summed E-state index contributed by atoms with van der Waals surface area (Å²) in [5, 5.41) is 3.61. The molecular formula is C19H26N2O. The maximum absolute atomic E-state index is 5.71. The zero-order valence-electron chi connectivity index (χ0n) is 13.9. The lowest BCUT2D eigenvalue weighted by Crippen LogP contribution is -2.25. The van der Waals surface area contributed by atoms with Crippen LogP contribution in [-0.2, 0) is 6.54 Å². The minimum Gasteiger partial charge on any atom is -0.491 e. The van der Waals surface area contributed by atoms with Gasteiger partial charge in [0.25, 0.3) is 0 Å². The summed E-state index contributed by atoms with van der Waals surface area (Å²) in [4.78, 5) is 4.37. The summed E-state index contributed by atoms with van der Waals surface area (Å²) in [7, 11) is 0. The van der Waals surface area contributed by atoms with Crippen molar-refractivity contribution in [1.82, 2.24) is 10.3 Å². The lowest BCUT2D eigenvalue weighted by Gasteiger charge is -2.23. The molecule has 3 heteroatoms. The van der Waals surface area contributed by atoms with Crippen molar-refractivity contribution in [2.45, 2.75) is 46.4 Å². The van der Waals surface area contributed by atoms with Crippen LogP contribution in [0.15, 0.2) is 48.7 Å². The minimum absolute atomic E-state index is 0.203. The fourth-order valence-corrected chi connectivity index (χ4v) is 2.48. The van der Waals surface area contributed by atoms with Crippen LogP contribution in [0.4, 0.5) is 0 Å². The lowest BCUT2D eigenvalue weighted by atomic mass is 9.96. The SMILES string of the molecule is CC(C)Oc1ccc([C@H](NCc2ccccn2)C(C)C)cc1. The summed E-state index contributed by atoms with van der Waals surface area (Å²) in [5.74, 6) is 1.42. The van der Waals surface area contributed by atoms with E-state index in [1.807, 2.05) is 50.4 Å². The van der Waals surface area contributed by atoms with E-state index in [-0.39, 0.29) is 6.10 Å². The molecule has 1 aromatic heterocycles. The van der Waals surface area contributed by atoms with Gasteiger partial charge in [-0.05, 0) is 49.6 Å². The third-order valence-corrected chi connectivity index (χ3v) is 3.51. The number of nitrogens with one attached hydrogen (secondary N) is 1. The van der Waals surface area contributed by atoms with Crippen molar-refractivity contribution in [3.05, 3.63) is 59.9 Å². The molecule has 0 aliphatic rings. The van der Waals surface area contributed by atoms with Gasteiger partial charge < -0.3 is 10.1 Å². The Balaban J connectivity index is 2.04. The maximum atomic E-state index is 5.71. The van der Waals surface area contributed by atoms with Gasteiger partial charge in [-0.15, -0.1) is 0 Å². The van der Waals surface area contributed by atoms with Gasteiger partial charge in [-0.2, -0.15) is 0 Å². The topological polar surface area (TPSA) is 34.1 Å². The molecule has 0 saturated carbocycles. The number of aromatic nitrogens is 1. The molecule has 22 heavy (non-hydrogen) atoms. The monoisotopic (exact) mass is 298 g/mol. The van der Waals surface area contributed by atoms with Crippen LogP contribution in [0.2, 0.25) is 0 Å². The van der Waals surface area contributed by atoms with E-state index in [9.17, 15) is 0 Å². The smallest absolute Gasteiger partial charge is 0.119 e. The van der Waals surface area contributed by atoms with Crippen molar-refractivity contribution in [1.29, 1.82) is 0 Å². The predicted molar refractivity (Wildman–Crippen MR) is 90.9 cm³/mol. The van der Waals surface area contributed by atoms with Crippen molar-refractivity contribution in [2.75, 3.05) is 0 Å². The van der Waals surface area contributed by atoms with Crippen LogP contribution in [0.25, 0.3) is 0 Å². The van der Waals surface area contributed by atoms with E-state index in [1.165, 1.54) is 5.56 Å². The molecule has 0 radical (unpaired) electrons. The zero-order valence-corrected chi connectivity index (χ0v) is 13.9. The number of benzene rings is 1. The van der Waals surface area contributed by atoms with Crippen LogP contribution in [-0.4, -0.2) is 11.1 Å². The molecule has 0 aliphatic heterocycles. The molecule has 1 N–H and O–H groups in total. The van der Waals surface area contributed by atoms with E-state index < -0.39 is 0 Å². The highest BCUT2D eigenvalue weighted by molar-refractivity contribution is 5.29. The molecule has 0 fully saturated rings. The van der Waals surface area contributed by atoms with Gasteiger partial charge in [-0.1, -0.05) is 32.0 Å². The number of ether oxygens (including phenoxy) is 1. The highest BCUT2D eigenvalue weighted by Gasteiger charge is 2.15. The molecule has 118 valence electrons. The van der Waals surface area contributed by atoms with Gasteiger partial charge in [0.1, 0.15) is 5.75 Å². The summed E-state index contributed by atoms with van der Waals surface area (Å²) in [6.07, 6.45) is 2.04. The Labute approximate surface area is 133 Å². The Morgan fingerprint density at radius 3 is 2.27 bits per heavy atom. The summed E-state index contributed by atoms with van der Waals surface area (Å²) in [6.45, 7) is 9.32. The first-order chi connectivity index (χ1) is 10.6. The number of hydrogen-bond acceptors (Lipinski definition) is 3. The molecule has 3 nitrogen and oxygen atoms in total. The normalized spacial score (nSPS) is 12.6. The van der Waals surface area contributed by atoms with E-state index in [2.05, 4.69) is 36.3 Å². The second kappa shape index (κ2) is 7.95. The Bertz CT molecular complexity index is 549. The summed E-state index contributed by atoms with van der Waals surface area (Å²) >= 11 is 0. The van der Waals surface area contributed by atoms with Crippen molar-refractivity contribution in [3.8, 4) is 5.75 Å². The first-order valence-corrected chi connectivity index (χ1v) is 7.96. The molecule has 1 heterocycles. The molecule has 0 spiro atoms. The van der Waals surface area contributed by atoms with Crippen LogP contribution in [0.3, 0.4) is 0 Å². The van der Waals surface area contributed by atoms with Gasteiger partial charge in [0.2, 0.25) is 0 Å². The molecule has 0 amide bonds. The van der Waals surface area contributed by atoms with Crippen LogP contribution >= 0.6 is 0 Å². The van der Waals surface area contributed by atoms with E-state index >= 15 is 0 Å². The van der Waals surface area contributed by atoms with Crippen molar-refractivity contribution < 1.29 is 4.74 Å². The number of pyridine rings is 1. The fourth-order valence-electron chi connectivity index (χ4n) is 2.48. The molecule has 0 unspecified atom stereocenters. The highest BCUT2D eigenvalue weighted by atomic mass is 16.5. The van der Waals surface area contributed by atoms with Gasteiger partial charge >= 0.3 is 0 Å². The number of hydrogen-bond donors (Lipinski definition) is 1. The Morgan fingerprint density at radius 2 is 1.73 bits per heavy atom. The van der Waals surface area contributed by atoms with Crippen molar-refractivity contribution >= 4 is 0 Å². The molecule has 2 aromatic rings. The highest BCUT2D eigenvalue weighted by Crippen LogP contribution is 2.24. The van der Waals surface area contributed by atoms with Gasteiger partial charge in [0.15, 0.2) is 0 Å². The number of rotatable bonds is 7. The van der Waals surface area contributed by atoms with E-state index in [1.54, 1.807) is 0 Å². The van der Waals surface area contributed by atoms with E-state index in [0.717, 1.165) is 18.0 Å². The predicted octanol–water partition coefficient (Wildman–Crippen LogP) is 4.36. The standard InChI is InChI=1S/C19H26N2O/c1-14(2)19(21-13-17-7-5-6-12-20-17)16-8-10-18(11-9-16)22-15(3)4/h5-12,14-15,19,21H,13H2,1-4H3/t19-/m1/s1. The lowest BCUT2D eigenvalue weighted by molar-refractivity contribution is 0.242. The molecule has 1 atom stereocenters. The zero-order chi connectivity index (χ0) is 15.9. The quantitative estimate of drug-likeness (QED) is 0.825. The summed E-state index contributed by atoms with van der Waals surface area (Å²) in [5.41, 5.74) is 2.34. The first-order valence-electron chi connectivity index (χ1n) is 7.96.